The van der Waals surface area contributed by atoms with Gasteiger partial charge in [0.2, 0.25) is 0 Å². The summed E-state index contributed by atoms with van der Waals surface area (Å²) in [5.41, 5.74) is -1.04. The summed E-state index contributed by atoms with van der Waals surface area (Å²) in [5, 5.41) is 0. The van der Waals surface area contributed by atoms with E-state index in [0.29, 0.717) is 5.46 Å². The fourth-order valence-corrected chi connectivity index (χ4v) is 2.26. The van der Waals surface area contributed by atoms with Gasteiger partial charge in [-0.15, -0.1) is 0 Å². The standard InChI is InChI=1S/C14H16BF3N2O2/c1-12(2)13(3,4)22-15(21-12)9-5-6-11-19-10(14(16,17)18)8-20(11)7-9/h5-8H,1-4H3. The van der Waals surface area contributed by atoms with E-state index in [1.54, 1.807) is 12.3 Å². The van der Waals surface area contributed by atoms with Crippen LogP contribution in [0.4, 0.5) is 13.2 Å². The van der Waals surface area contributed by atoms with Crippen LogP contribution in [-0.2, 0) is 15.5 Å². The highest BCUT2D eigenvalue weighted by molar-refractivity contribution is 6.62. The number of aromatic nitrogens is 2. The Bertz CT molecular complexity index is 708. The second-order valence-corrected chi connectivity index (χ2v) is 6.44. The fourth-order valence-electron chi connectivity index (χ4n) is 2.26. The topological polar surface area (TPSA) is 35.8 Å². The van der Waals surface area contributed by atoms with Gasteiger partial charge in [-0.3, -0.25) is 0 Å². The van der Waals surface area contributed by atoms with Crippen molar-refractivity contribution in [3.63, 3.8) is 0 Å². The molecule has 1 saturated heterocycles. The Morgan fingerprint density at radius 3 is 2.18 bits per heavy atom. The molecule has 0 bridgehead atoms. The molecular formula is C14H16BF3N2O2. The van der Waals surface area contributed by atoms with Crippen molar-refractivity contribution in [2.45, 2.75) is 45.1 Å². The molecule has 8 heteroatoms. The molecule has 0 aliphatic carbocycles. The van der Waals surface area contributed by atoms with Gasteiger partial charge in [0.1, 0.15) is 5.65 Å². The number of pyridine rings is 1. The van der Waals surface area contributed by atoms with Crippen molar-refractivity contribution in [2.75, 3.05) is 0 Å². The molecule has 0 unspecified atom stereocenters. The monoisotopic (exact) mass is 312 g/mol. The maximum Gasteiger partial charge on any atom is 0.496 e. The van der Waals surface area contributed by atoms with E-state index in [2.05, 4.69) is 4.98 Å². The first-order chi connectivity index (χ1) is 9.99. The molecule has 0 saturated carbocycles. The van der Waals surface area contributed by atoms with E-state index in [1.165, 1.54) is 10.5 Å². The van der Waals surface area contributed by atoms with Crippen LogP contribution < -0.4 is 5.46 Å². The van der Waals surface area contributed by atoms with Gasteiger partial charge < -0.3 is 13.7 Å². The number of imidazole rings is 1. The molecule has 3 heterocycles. The molecule has 0 atom stereocenters. The second kappa shape index (κ2) is 4.49. The number of halogens is 3. The first kappa shape index (κ1) is 15.4. The molecular weight excluding hydrogens is 296 g/mol. The highest BCUT2D eigenvalue weighted by Gasteiger charge is 2.51. The lowest BCUT2D eigenvalue weighted by molar-refractivity contribution is -0.140. The zero-order valence-electron chi connectivity index (χ0n) is 12.7. The average molecular weight is 312 g/mol. The van der Waals surface area contributed by atoms with Crippen molar-refractivity contribution in [1.29, 1.82) is 0 Å². The number of alkyl halides is 3. The third kappa shape index (κ3) is 2.40. The summed E-state index contributed by atoms with van der Waals surface area (Å²) in [6.07, 6.45) is -1.94. The first-order valence-electron chi connectivity index (χ1n) is 6.91. The van der Waals surface area contributed by atoms with Gasteiger partial charge in [0.25, 0.3) is 0 Å². The molecule has 3 rings (SSSR count). The molecule has 1 fully saturated rings. The molecule has 118 valence electrons. The summed E-state index contributed by atoms with van der Waals surface area (Å²) in [4.78, 5) is 3.57. The maximum atomic E-state index is 12.7. The number of fused-ring (bicyclic) bond motifs is 1. The van der Waals surface area contributed by atoms with Crippen molar-refractivity contribution in [2.24, 2.45) is 0 Å². The molecule has 1 aliphatic heterocycles. The van der Waals surface area contributed by atoms with Crippen LogP contribution >= 0.6 is 0 Å². The predicted molar refractivity (Wildman–Crippen MR) is 75.9 cm³/mol. The van der Waals surface area contributed by atoms with E-state index < -0.39 is 30.2 Å². The molecule has 0 amide bonds. The molecule has 2 aromatic rings. The van der Waals surface area contributed by atoms with Crippen LogP contribution in [0.5, 0.6) is 0 Å². The summed E-state index contributed by atoms with van der Waals surface area (Å²) in [6, 6.07) is 3.19. The summed E-state index contributed by atoms with van der Waals surface area (Å²) >= 11 is 0. The Labute approximate surface area is 126 Å². The van der Waals surface area contributed by atoms with Gasteiger partial charge in [0.05, 0.1) is 11.2 Å². The maximum absolute atomic E-state index is 12.7. The SMILES string of the molecule is CC1(C)OB(c2ccc3nc(C(F)(F)F)cn3c2)OC1(C)C. The smallest absolute Gasteiger partial charge is 0.399 e. The minimum atomic E-state index is -4.46. The van der Waals surface area contributed by atoms with E-state index in [1.807, 2.05) is 27.7 Å². The van der Waals surface area contributed by atoms with Crippen molar-refractivity contribution in [1.82, 2.24) is 9.38 Å². The lowest BCUT2D eigenvalue weighted by atomic mass is 9.80. The molecule has 1 aliphatic rings. The largest absolute Gasteiger partial charge is 0.496 e. The zero-order chi connectivity index (χ0) is 16.3. The summed E-state index contributed by atoms with van der Waals surface area (Å²) in [7, 11) is -0.619. The zero-order valence-corrected chi connectivity index (χ0v) is 12.7. The molecule has 0 radical (unpaired) electrons. The minimum Gasteiger partial charge on any atom is -0.399 e. The minimum absolute atomic E-state index is 0.229. The molecule has 0 N–H and O–H groups in total. The summed E-state index contributed by atoms with van der Waals surface area (Å²) in [5.74, 6) is 0. The van der Waals surface area contributed by atoms with E-state index in [4.69, 9.17) is 9.31 Å². The molecule has 0 aromatic carbocycles. The van der Waals surface area contributed by atoms with Crippen LogP contribution in [0.1, 0.15) is 33.4 Å². The van der Waals surface area contributed by atoms with Crippen molar-refractivity contribution in [3.05, 3.63) is 30.2 Å². The van der Waals surface area contributed by atoms with E-state index in [9.17, 15) is 13.2 Å². The predicted octanol–water partition coefficient (Wildman–Crippen LogP) is 2.65. The highest BCUT2D eigenvalue weighted by atomic mass is 19.4. The Kier molecular flexibility index (Phi) is 3.13. The first-order valence-corrected chi connectivity index (χ1v) is 6.91. The Hall–Kier alpha value is -1.54. The van der Waals surface area contributed by atoms with Crippen molar-refractivity contribution in [3.8, 4) is 0 Å². The van der Waals surface area contributed by atoms with E-state index >= 15 is 0 Å². The van der Waals surface area contributed by atoms with E-state index in [0.717, 1.165) is 6.20 Å². The highest BCUT2D eigenvalue weighted by Crippen LogP contribution is 2.36. The lowest BCUT2D eigenvalue weighted by Gasteiger charge is -2.32. The molecule has 22 heavy (non-hydrogen) atoms. The van der Waals surface area contributed by atoms with Crippen LogP contribution in [0.2, 0.25) is 0 Å². The second-order valence-electron chi connectivity index (χ2n) is 6.44. The normalized spacial score (nSPS) is 20.8. The molecule has 2 aromatic heterocycles. The van der Waals surface area contributed by atoms with Gasteiger partial charge in [-0.1, -0.05) is 6.07 Å². The van der Waals surface area contributed by atoms with Crippen molar-refractivity contribution >= 4 is 18.2 Å². The van der Waals surface area contributed by atoms with Gasteiger partial charge in [0.15, 0.2) is 5.69 Å². The van der Waals surface area contributed by atoms with Gasteiger partial charge in [0, 0.05) is 12.4 Å². The van der Waals surface area contributed by atoms with Crippen LogP contribution in [0.3, 0.4) is 0 Å². The van der Waals surface area contributed by atoms with Gasteiger partial charge in [-0.25, -0.2) is 4.98 Å². The third-order valence-corrected chi connectivity index (χ3v) is 4.29. The fraction of sp³-hybridized carbons (Fsp3) is 0.500. The van der Waals surface area contributed by atoms with Crippen molar-refractivity contribution < 1.29 is 22.5 Å². The lowest BCUT2D eigenvalue weighted by Crippen LogP contribution is -2.41. The molecule has 0 spiro atoms. The number of hydrogen-bond acceptors (Lipinski definition) is 3. The van der Waals surface area contributed by atoms with Crippen LogP contribution in [0.15, 0.2) is 24.5 Å². The Morgan fingerprint density at radius 1 is 1.05 bits per heavy atom. The molecule has 4 nitrogen and oxygen atoms in total. The third-order valence-electron chi connectivity index (χ3n) is 4.29. The summed E-state index contributed by atoms with van der Waals surface area (Å²) in [6.45, 7) is 7.68. The Balaban J connectivity index is 1.97. The number of hydrogen-bond donors (Lipinski definition) is 0. The Morgan fingerprint density at radius 2 is 1.64 bits per heavy atom. The van der Waals surface area contributed by atoms with E-state index in [-0.39, 0.29) is 5.65 Å². The van der Waals surface area contributed by atoms with Gasteiger partial charge in [-0.05, 0) is 39.2 Å². The average Bonchev–Trinajstić information content (AvgIpc) is 2.87. The quantitative estimate of drug-likeness (QED) is 0.760. The summed E-state index contributed by atoms with van der Waals surface area (Å²) < 4.78 is 51.2. The van der Waals surface area contributed by atoms with Gasteiger partial charge >= 0.3 is 13.3 Å². The van der Waals surface area contributed by atoms with Crippen LogP contribution in [-0.4, -0.2) is 27.7 Å². The number of nitrogens with zero attached hydrogens (tertiary/aromatic N) is 2. The van der Waals surface area contributed by atoms with Crippen LogP contribution in [0, 0.1) is 0 Å². The van der Waals surface area contributed by atoms with Gasteiger partial charge in [-0.2, -0.15) is 13.2 Å². The van der Waals surface area contributed by atoms with Crippen LogP contribution in [0.25, 0.3) is 5.65 Å². The number of rotatable bonds is 1.